The van der Waals surface area contributed by atoms with Crippen LogP contribution in [0.4, 0.5) is 0 Å². The highest BCUT2D eigenvalue weighted by atomic mass is 79.9. The van der Waals surface area contributed by atoms with Crippen molar-refractivity contribution in [3.05, 3.63) is 0 Å². The molecule has 16 heavy (non-hydrogen) atoms. The second kappa shape index (κ2) is 6.01. The van der Waals surface area contributed by atoms with Crippen LogP contribution in [0.3, 0.4) is 0 Å². The predicted molar refractivity (Wildman–Crippen MR) is 66.6 cm³/mol. The first-order valence-electron chi connectivity index (χ1n) is 6.24. The molecule has 2 rings (SSSR count). The van der Waals surface area contributed by atoms with E-state index in [4.69, 9.17) is 4.74 Å². The molecule has 1 N–H and O–H groups in total. The summed E-state index contributed by atoms with van der Waals surface area (Å²) in [7, 11) is 0. The maximum absolute atomic E-state index is 11.7. The maximum atomic E-state index is 11.7. The third-order valence-corrected chi connectivity index (χ3v) is 4.05. The number of amides is 1. The first-order valence-corrected chi connectivity index (χ1v) is 7.36. The van der Waals surface area contributed by atoms with E-state index < -0.39 is 0 Å². The van der Waals surface area contributed by atoms with E-state index in [-0.39, 0.29) is 11.9 Å². The molecule has 0 aromatic heterocycles. The third kappa shape index (κ3) is 3.45. The average molecular weight is 290 g/mol. The van der Waals surface area contributed by atoms with Gasteiger partial charge in [-0.05, 0) is 31.6 Å². The highest BCUT2D eigenvalue weighted by Crippen LogP contribution is 2.40. The van der Waals surface area contributed by atoms with Gasteiger partial charge in [0.05, 0.1) is 19.3 Å². The molecule has 2 fully saturated rings. The van der Waals surface area contributed by atoms with E-state index in [2.05, 4.69) is 21.2 Å². The van der Waals surface area contributed by atoms with Crippen LogP contribution in [0, 0.1) is 11.8 Å². The lowest BCUT2D eigenvalue weighted by molar-refractivity contribution is -0.122. The molecule has 1 heterocycles. The van der Waals surface area contributed by atoms with Gasteiger partial charge in [0.15, 0.2) is 0 Å². The minimum atomic E-state index is 0.196. The molecule has 3 nitrogen and oxygen atoms in total. The first kappa shape index (κ1) is 12.4. The number of rotatable bonds is 6. The molecule has 2 unspecified atom stereocenters. The van der Waals surface area contributed by atoms with Crippen LogP contribution in [0.15, 0.2) is 0 Å². The summed E-state index contributed by atoms with van der Waals surface area (Å²) in [5.41, 5.74) is 0. The Kier molecular flexibility index (Phi) is 4.65. The molecule has 1 amide bonds. The molecule has 1 aliphatic carbocycles. The van der Waals surface area contributed by atoms with Gasteiger partial charge in [0.1, 0.15) is 0 Å². The van der Waals surface area contributed by atoms with Crippen molar-refractivity contribution in [2.75, 3.05) is 18.5 Å². The van der Waals surface area contributed by atoms with E-state index in [0.29, 0.717) is 18.9 Å². The van der Waals surface area contributed by atoms with Crippen molar-refractivity contribution in [3.8, 4) is 0 Å². The summed E-state index contributed by atoms with van der Waals surface area (Å²) in [4.78, 5) is 11.7. The molecule has 2 aliphatic rings. The highest BCUT2D eigenvalue weighted by molar-refractivity contribution is 9.09. The van der Waals surface area contributed by atoms with Crippen molar-refractivity contribution in [1.82, 2.24) is 5.32 Å². The van der Waals surface area contributed by atoms with Crippen molar-refractivity contribution in [3.63, 3.8) is 0 Å². The lowest BCUT2D eigenvalue weighted by Crippen LogP contribution is -2.40. The lowest BCUT2D eigenvalue weighted by Gasteiger charge is -2.18. The summed E-state index contributed by atoms with van der Waals surface area (Å²) in [5.74, 6) is 1.59. The minimum absolute atomic E-state index is 0.196. The summed E-state index contributed by atoms with van der Waals surface area (Å²) >= 11 is 3.37. The molecule has 1 aliphatic heterocycles. The minimum Gasteiger partial charge on any atom is -0.379 e. The van der Waals surface area contributed by atoms with Crippen molar-refractivity contribution in [2.24, 2.45) is 11.8 Å². The van der Waals surface area contributed by atoms with E-state index in [9.17, 15) is 4.79 Å². The number of carbonyl (C=O) groups is 1. The van der Waals surface area contributed by atoms with Crippen LogP contribution in [0.2, 0.25) is 0 Å². The van der Waals surface area contributed by atoms with Gasteiger partial charge in [-0.2, -0.15) is 0 Å². The molecular formula is C12H20BrNO2. The molecule has 0 radical (unpaired) electrons. The highest BCUT2D eigenvalue weighted by Gasteiger charge is 2.40. The summed E-state index contributed by atoms with van der Waals surface area (Å²) < 4.78 is 5.48. The van der Waals surface area contributed by atoms with Crippen LogP contribution in [-0.4, -0.2) is 30.5 Å². The van der Waals surface area contributed by atoms with Gasteiger partial charge in [-0.15, -0.1) is 0 Å². The summed E-state index contributed by atoms with van der Waals surface area (Å²) in [5, 5.41) is 4.11. The smallest absolute Gasteiger partial charge is 0.220 e. The molecule has 0 bridgehead atoms. The molecule has 0 aromatic carbocycles. The van der Waals surface area contributed by atoms with Crippen LogP contribution >= 0.6 is 15.9 Å². The standard InChI is InChI=1S/C12H20BrNO2/c13-6-2-1-3-12(15)14-11-8-16-7-10(11)9-4-5-9/h9-11H,1-8H2,(H,14,15). The van der Waals surface area contributed by atoms with Crippen molar-refractivity contribution in [2.45, 2.75) is 38.1 Å². The summed E-state index contributed by atoms with van der Waals surface area (Å²) in [6, 6.07) is 0.281. The Morgan fingerprint density at radius 2 is 2.12 bits per heavy atom. The maximum Gasteiger partial charge on any atom is 0.220 e. The number of hydrogen-bond acceptors (Lipinski definition) is 2. The van der Waals surface area contributed by atoms with Crippen LogP contribution in [0.5, 0.6) is 0 Å². The van der Waals surface area contributed by atoms with Crippen LogP contribution in [-0.2, 0) is 9.53 Å². The summed E-state index contributed by atoms with van der Waals surface area (Å²) in [6.07, 6.45) is 5.34. The van der Waals surface area contributed by atoms with Gasteiger partial charge in [0.25, 0.3) is 0 Å². The SMILES string of the molecule is O=C(CCCCBr)NC1COCC1C1CC1. The molecule has 0 spiro atoms. The Morgan fingerprint density at radius 3 is 2.81 bits per heavy atom. The van der Waals surface area contributed by atoms with E-state index in [1.807, 2.05) is 0 Å². The lowest BCUT2D eigenvalue weighted by atomic mass is 9.98. The quantitative estimate of drug-likeness (QED) is 0.601. The van der Waals surface area contributed by atoms with Gasteiger partial charge in [0, 0.05) is 17.7 Å². The number of halogens is 1. The van der Waals surface area contributed by atoms with Gasteiger partial charge in [-0.25, -0.2) is 0 Å². The zero-order chi connectivity index (χ0) is 11.4. The van der Waals surface area contributed by atoms with Gasteiger partial charge >= 0.3 is 0 Å². The Balaban J connectivity index is 1.69. The summed E-state index contributed by atoms with van der Waals surface area (Å²) in [6.45, 7) is 1.56. The third-order valence-electron chi connectivity index (χ3n) is 3.49. The number of alkyl halides is 1. The monoisotopic (exact) mass is 289 g/mol. The predicted octanol–water partition coefficient (Wildman–Crippen LogP) is 2.09. The molecular weight excluding hydrogens is 270 g/mol. The van der Waals surface area contributed by atoms with E-state index in [1.54, 1.807) is 0 Å². The molecule has 2 atom stereocenters. The zero-order valence-corrected chi connectivity index (χ0v) is 11.2. The van der Waals surface area contributed by atoms with Gasteiger partial charge in [0.2, 0.25) is 5.91 Å². The van der Waals surface area contributed by atoms with E-state index >= 15 is 0 Å². The number of hydrogen-bond donors (Lipinski definition) is 1. The Hall–Kier alpha value is -0.0900. The van der Waals surface area contributed by atoms with Crippen LogP contribution in [0.1, 0.15) is 32.1 Å². The molecule has 0 aromatic rings. The molecule has 1 saturated carbocycles. The fourth-order valence-corrected chi connectivity index (χ4v) is 2.76. The van der Waals surface area contributed by atoms with E-state index in [1.165, 1.54) is 12.8 Å². The normalized spacial score (nSPS) is 29.3. The molecule has 1 saturated heterocycles. The van der Waals surface area contributed by atoms with Gasteiger partial charge in [-0.3, -0.25) is 4.79 Å². The molecule has 4 heteroatoms. The number of nitrogens with one attached hydrogen (secondary N) is 1. The largest absolute Gasteiger partial charge is 0.379 e. The van der Waals surface area contributed by atoms with Crippen LogP contribution < -0.4 is 5.32 Å². The van der Waals surface area contributed by atoms with E-state index in [0.717, 1.165) is 30.7 Å². The zero-order valence-electron chi connectivity index (χ0n) is 9.58. The fourth-order valence-electron chi connectivity index (χ4n) is 2.37. The van der Waals surface area contributed by atoms with Crippen molar-refractivity contribution < 1.29 is 9.53 Å². The topological polar surface area (TPSA) is 38.3 Å². The Labute approximate surface area is 105 Å². The van der Waals surface area contributed by atoms with Crippen LogP contribution in [0.25, 0.3) is 0 Å². The number of carbonyl (C=O) groups excluding carboxylic acids is 1. The Morgan fingerprint density at radius 1 is 1.31 bits per heavy atom. The molecule has 92 valence electrons. The fraction of sp³-hybridized carbons (Fsp3) is 0.917. The van der Waals surface area contributed by atoms with Crippen molar-refractivity contribution >= 4 is 21.8 Å². The Bertz CT molecular complexity index is 243. The second-order valence-corrected chi connectivity index (χ2v) is 5.65. The first-order chi connectivity index (χ1) is 7.81. The average Bonchev–Trinajstić information content (AvgIpc) is 3.01. The number of unbranched alkanes of at least 4 members (excludes halogenated alkanes) is 1. The number of ether oxygens (including phenoxy) is 1. The van der Waals surface area contributed by atoms with Crippen molar-refractivity contribution in [1.29, 1.82) is 0 Å². The van der Waals surface area contributed by atoms with Gasteiger partial charge in [-0.1, -0.05) is 15.9 Å². The van der Waals surface area contributed by atoms with Gasteiger partial charge < -0.3 is 10.1 Å². The second-order valence-electron chi connectivity index (χ2n) is 4.86.